The van der Waals surface area contributed by atoms with E-state index in [4.69, 9.17) is 26.2 Å². The maximum Gasteiger partial charge on any atom is 0.341 e. The van der Waals surface area contributed by atoms with Gasteiger partial charge in [0.25, 0.3) is 11.5 Å². The van der Waals surface area contributed by atoms with Gasteiger partial charge in [0.15, 0.2) is 11.5 Å². The summed E-state index contributed by atoms with van der Waals surface area (Å²) in [5, 5.41) is 12.7. The second kappa shape index (κ2) is 8.08. The molecule has 4 rings (SSSR count). The number of carboxylic acids is 1. The molecule has 2 heterocycles. The Bertz CT molecular complexity index is 1220. The van der Waals surface area contributed by atoms with Crippen LogP contribution in [0.4, 0.5) is 0 Å². The maximum atomic E-state index is 12.6. The molecule has 0 radical (unpaired) electrons. The quantitative estimate of drug-likeness (QED) is 0.588. The predicted octanol–water partition coefficient (Wildman–Crippen LogP) is 2.97. The number of amides is 1. The first-order valence-corrected chi connectivity index (χ1v) is 9.57. The molecule has 0 saturated carbocycles. The summed E-state index contributed by atoms with van der Waals surface area (Å²) in [6.45, 7) is 1.15. The number of carbonyl (C=O) groups excluding carboxylic acids is 1. The number of fused-ring (bicyclic) bond motifs is 2. The molecule has 154 valence electrons. The van der Waals surface area contributed by atoms with E-state index >= 15 is 0 Å². The summed E-state index contributed by atoms with van der Waals surface area (Å²) in [7, 11) is 0. The highest BCUT2D eigenvalue weighted by molar-refractivity contribution is 6.31. The first-order chi connectivity index (χ1) is 14.4. The Hall–Kier alpha value is -3.52. The summed E-state index contributed by atoms with van der Waals surface area (Å²) < 4.78 is 11.2. The first-order valence-electron chi connectivity index (χ1n) is 9.19. The largest absolute Gasteiger partial charge is 0.490 e. The van der Waals surface area contributed by atoms with Crippen LogP contribution in [0.15, 0.2) is 41.2 Å². The summed E-state index contributed by atoms with van der Waals surface area (Å²) in [6, 6.07) is 9.36. The average molecular weight is 429 g/mol. The van der Waals surface area contributed by atoms with Crippen LogP contribution in [0.3, 0.4) is 0 Å². The fourth-order valence-corrected chi connectivity index (χ4v) is 3.48. The summed E-state index contributed by atoms with van der Waals surface area (Å²) in [5.74, 6) is -0.568. The molecular weight excluding hydrogens is 412 g/mol. The van der Waals surface area contributed by atoms with Crippen molar-refractivity contribution in [3.63, 3.8) is 0 Å². The van der Waals surface area contributed by atoms with Crippen LogP contribution in [0, 0.1) is 0 Å². The van der Waals surface area contributed by atoms with Gasteiger partial charge in [0.05, 0.1) is 18.7 Å². The van der Waals surface area contributed by atoms with Gasteiger partial charge in [0, 0.05) is 28.9 Å². The Morgan fingerprint density at radius 1 is 1.10 bits per heavy atom. The minimum atomic E-state index is -1.33. The fraction of sp³-hybridized carbons (Fsp3) is 0.190. The molecule has 0 spiro atoms. The third-order valence-corrected chi connectivity index (χ3v) is 4.90. The van der Waals surface area contributed by atoms with Crippen LogP contribution in [-0.2, 0) is 6.54 Å². The molecule has 0 unspecified atom stereocenters. The van der Waals surface area contributed by atoms with E-state index in [0.717, 1.165) is 6.42 Å². The van der Waals surface area contributed by atoms with Crippen molar-refractivity contribution < 1.29 is 24.2 Å². The van der Waals surface area contributed by atoms with Gasteiger partial charge in [-0.2, -0.15) is 0 Å². The molecule has 30 heavy (non-hydrogen) atoms. The van der Waals surface area contributed by atoms with Crippen molar-refractivity contribution in [2.24, 2.45) is 0 Å². The van der Waals surface area contributed by atoms with E-state index in [1.165, 1.54) is 6.07 Å². The number of pyridine rings is 1. The molecule has 0 aliphatic carbocycles. The van der Waals surface area contributed by atoms with Crippen LogP contribution in [0.25, 0.3) is 10.9 Å². The van der Waals surface area contributed by atoms with Gasteiger partial charge in [-0.05, 0) is 42.0 Å². The minimum absolute atomic E-state index is 0.0761. The zero-order chi connectivity index (χ0) is 21.3. The van der Waals surface area contributed by atoms with Gasteiger partial charge in [-0.3, -0.25) is 9.59 Å². The molecular formula is C21H17ClN2O6. The maximum absolute atomic E-state index is 12.6. The van der Waals surface area contributed by atoms with E-state index in [1.54, 1.807) is 30.3 Å². The molecule has 3 aromatic rings. The molecule has 2 aromatic carbocycles. The zero-order valence-corrected chi connectivity index (χ0v) is 16.4. The minimum Gasteiger partial charge on any atom is -0.490 e. The summed E-state index contributed by atoms with van der Waals surface area (Å²) in [5.41, 5.74) is 0.245. The van der Waals surface area contributed by atoms with Gasteiger partial charge in [0.2, 0.25) is 0 Å². The lowest BCUT2D eigenvalue weighted by atomic mass is 10.1. The lowest BCUT2D eigenvalue weighted by molar-refractivity contribution is 0.0695. The van der Waals surface area contributed by atoms with Crippen molar-refractivity contribution in [1.82, 2.24) is 10.3 Å². The normalized spacial score (nSPS) is 13.0. The molecule has 0 saturated heterocycles. The third-order valence-electron chi connectivity index (χ3n) is 4.68. The van der Waals surface area contributed by atoms with Crippen LogP contribution in [0.2, 0.25) is 5.02 Å². The van der Waals surface area contributed by atoms with Gasteiger partial charge >= 0.3 is 5.97 Å². The van der Waals surface area contributed by atoms with E-state index in [0.29, 0.717) is 51.8 Å². The highest BCUT2D eigenvalue weighted by Gasteiger charge is 2.16. The lowest BCUT2D eigenvalue weighted by Gasteiger charge is -2.12. The fourth-order valence-electron chi connectivity index (χ4n) is 3.23. The number of carboxylic acid groups (broad SMARTS) is 1. The molecule has 1 amide bonds. The van der Waals surface area contributed by atoms with Gasteiger partial charge in [0.1, 0.15) is 5.56 Å². The molecule has 1 aromatic heterocycles. The van der Waals surface area contributed by atoms with Crippen molar-refractivity contribution in [1.29, 1.82) is 0 Å². The number of hydrogen-bond donors (Lipinski definition) is 3. The highest BCUT2D eigenvalue weighted by Crippen LogP contribution is 2.30. The number of aromatic nitrogens is 1. The Morgan fingerprint density at radius 2 is 1.87 bits per heavy atom. The molecule has 1 aliphatic rings. The van der Waals surface area contributed by atoms with E-state index in [9.17, 15) is 14.4 Å². The monoisotopic (exact) mass is 428 g/mol. The number of nitrogens with one attached hydrogen (secondary N) is 2. The molecule has 0 fully saturated rings. The Kier molecular flexibility index (Phi) is 5.33. The number of aromatic carboxylic acids is 1. The number of halogens is 1. The first kappa shape index (κ1) is 19.8. The van der Waals surface area contributed by atoms with Crippen LogP contribution in [0.1, 0.15) is 32.7 Å². The number of rotatable bonds is 4. The second-order valence-corrected chi connectivity index (χ2v) is 7.18. The lowest BCUT2D eigenvalue weighted by Crippen LogP contribution is -2.24. The van der Waals surface area contributed by atoms with Gasteiger partial charge in [-0.25, -0.2) is 4.79 Å². The number of aromatic amines is 1. The average Bonchev–Trinajstić information content (AvgIpc) is 2.96. The Labute approximate surface area is 175 Å². The van der Waals surface area contributed by atoms with Gasteiger partial charge < -0.3 is 24.9 Å². The van der Waals surface area contributed by atoms with Crippen LogP contribution in [0.5, 0.6) is 11.5 Å². The zero-order valence-electron chi connectivity index (χ0n) is 15.7. The predicted molar refractivity (Wildman–Crippen MR) is 110 cm³/mol. The van der Waals surface area contributed by atoms with E-state index in [-0.39, 0.29) is 18.0 Å². The molecule has 8 nitrogen and oxygen atoms in total. The van der Waals surface area contributed by atoms with Crippen molar-refractivity contribution in [2.45, 2.75) is 13.0 Å². The van der Waals surface area contributed by atoms with Crippen LogP contribution in [-0.4, -0.2) is 35.2 Å². The molecule has 0 atom stereocenters. The van der Waals surface area contributed by atoms with E-state index in [1.807, 2.05) is 0 Å². The van der Waals surface area contributed by atoms with Crippen molar-refractivity contribution >= 4 is 34.4 Å². The summed E-state index contributed by atoms with van der Waals surface area (Å²) >= 11 is 6.14. The number of hydrogen-bond acceptors (Lipinski definition) is 5. The molecule has 1 aliphatic heterocycles. The third kappa shape index (κ3) is 3.95. The smallest absolute Gasteiger partial charge is 0.341 e. The van der Waals surface area contributed by atoms with E-state index in [2.05, 4.69) is 10.3 Å². The Morgan fingerprint density at radius 3 is 2.63 bits per heavy atom. The van der Waals surface area contributed by atoms with Crippen molar-refractivity contribution in [2.75, 3.05) is 13.2 Å². The number of benzene rings is 2. The van der Waals surface area contributed by atoms with Crippen molar-refractivity contribution in [3.05, 3.63) is 68.5 Å². The standard InChI is InChI=1S/C21H17ClN2O6/c22-14-6-12-8-15(21(27)28)20(26)24-18(12)13(7-14)10-23-19(25)11-2-3-16-17(9-11)30-5-1-4-29-16/h2-3,6-9H,1,4-5,10H2,(H,23,25)(H,24,26)(H,27,28). The SMILES string of the molecule is O=C(NCc1cc(Cl)cc2cc(C(=O)O)c(=O)[nH]c12)c1ccc2c(c1)OCCCO2. The second-order valence-electron chi connectivity index (χ2n) is 6.74. The van der Waals surface area contributed by atoms with Gasteiger partial charge in [-0.1, -0.05) is 11.6 Å². The van der Waals surface area contributed by atoms with Gasteiger partial charge in [-0.15, -0.1) is 0 Å². The topological polar surface area (TPSA) is 118 Å². The molecule has 9 heteroatoms. The van der Waals surface area contributed by atoms with E-state index < -0.39 is 11.5 Å². The Balaban J connectivity index is 1.59. The summed E-state index contributed by atoms with van der Waals surface area (Å²) in [6.07, 6.45) is 0.764. The molecule has 0 bridgehead atoms. The number of ether oxygens (including phenoxy) is 2. The number of carbonyl (C=O) groups is 2. The van der Waals surface area contributed by atoms with Crippen LogP contribution >= 0.6 is 11.6 Å². The van der Waals surface area contributed by atoms with Crippen molar-refractivity contribution in [3.8, 4) is 11.5 Å². The summed E-state index contributed by atoms with van der Waals surface area (Å²) in [4.78, 5) is 38.5. The highest BCUT2D eigenvalue weighted by atomic mass is 35.5. The number of H-pyrrole nitrogens is 1. The molecule has 3 N–H and O–H groups in total. The van der Waals surface area contributed by atoms with Crippen LogP contribution < -0.4 is 20.3 Å².